The van der Waals surface area contributed by atoms with Gasteiger partial charge in [-0.3, -0.25) is 4.79 Å². The van der Waals surface area contributed by atoms with Crippen molar-refractivity contribution < 1.29 is 9.90 Å². The Bertz CT molecular complexity index is 427. The van der Waals surface area contributed by atoms with Crippen LogP contribution in [0.15, 0.2) is 18.2 Å². The molecule has 1 aliphatic rings. The van der Waals surface area contributed by atoms with E-state index in [4.69, 9.17) is 0 Å². The Kier molecular flexibility index (Phi) is 3.33. The monoisotopic (exact) mass is 234 g/mol. The molecular formula is C13H18N2O2. The van der Waals surface area contributed by atoms with Crippen molar-refractivity contribution in [2.24, 2.45) is 11.8 Å². The average Bonchev–Trinajstić information content (AvgIpc) is 2.22. The smallest absolute Gasteiger partial charge is 0.227 e. The van der Waals surface area contributed by atoms with Gasteiger partial charge >= 0.3 is 0 Å². The van der Waals surface area contributed by atoms with E-state index in [0.717, 1.165) is 18.7 Å². The Morgan fingerprint density at radius 1 is 1.53 bits per heavy atom. The molecule has 1 atom stereocenters. The minimum atomic E-state index is -0.0313. The number of nitrogens with one attached hydrogen (secondary N) is 2. The van der Waals surface area contributed by atoms with Gasteiger partial charge in [0, 0.05) is 5.92 Å². The fourth-order valence-electron chi connectivity index (χ4n) is 1.89. The molecule has 1 saturated heterocycles. The van der Waals surface area contributed by atoms with Crippen LogP contribution in [0, 0.1) is 18.8 Å². The molecule has 1 amide bonds. The Morgan fingerprint density at radius 2 is 2.24 bits per heavy atom. The van der Waals surface area contributed by atoms with Crippen molar-refractivity contribution in [2.75, 3.05) is 18.4 Å². The lowest BCUT2D eigenvalue weighted by Crippen LogP contribution is -2.48. The highest BCUT2D eigenvalue weighted by molar-refractivity contribution is 5.94. The van der Waals surface area contributed by atoms with Crippen LogP contribution in [0.2, 0.25) is 0 Å². The number of aromatic hydroxyl groups is 1. The van der Waals surface area contributed by atoms with Crippen molar-refractivity contribution in [3.63, 3.8) is 0 Å². The van der Waals surface area contributed by atoms with E-state index >= 15 is 0 Å². The van der Waals surface area contributed by atoms with Crippen molar-refractivity contribution in [2.45, 2.75) is 13.8 Å². The number of phenols is 1. The SMILES string of the molecule is Cc1cccc(NC(=O)C(C)C2CNC2)c1O. The van der Waals surface area contributed by atoms with Gasteiger partial charge in [-0.15, -0.1) is 0 Å². The number of aryl methyl sites for hydroxylation is 1. The van der Waals surface area contributed by atoms with E-state index in [-0.39, 0.29) is 17.6 Å². The lowest BCUT2D eigenvalue weighted by atomic mass is 9.88. The summed E-state index contributed by atoms with van der Waals surface area (Å²) in [6.45, 7) is 5.53. The second-order valence-corrected chi connectivity index (χ2v) is 4.67. The standard InChI is InChI=1S/C13H18N2O2/c1-8-4-3-5-11(12(8)16)15-13(17)9(2)10-6-14-7-10/h3-5,9-10,14,16H,6-7H2,1-2H3,(H,15,17). The lowest BCUT2D eigenvalue weighted by molar-refractivity contribution is -0.121. The summed E-state index contributed by atoms with van der Waals surface area (Å²) in [4.78, 5) is 12.0. The number of hydrogen-bond acceptors (Lipinski definition) is 3. The highest BCUT2D eigenvalue weighted by Gasteiger charge is 2.28. The van der Waals surface area contributed by atoms with Crippen LogP contribution in [-0.4, -0.2) is 24.1 Å². The zero-order chi connectivity index (χ0) is 12.4. The van der Waals surface area contributed by atoms with Gasteiger partial charge in [-0.25, -0.2) is 0 Å². The molecule has 0 aliphatic carbocycles. The first-order chi connectivity index (χ1) is 8.09. The average molecular weight is 234 g/mol. The maximum absolute atomic E-state index is 12.0. The van der Waals surface area contributed by atoms with E-state index in [9.17, 15) is 9.90 Å². The Hall–Kier alpha value is -1.55. The summed E-state index contributed by atoms with van der Waals surface area (Å²) >= 11 is 0. The van der Waals surface area contributed by atoms with Gasteiger partial charge in [0.15, 0.2) is 0 Å². The molecular weight excluding hydrogens is 216 g/mol. The molecule has 1 aliphatic heterocycles. The number of hydrogen-bond donors (Lipinski definition) is 3. The molecule has 1 unspecified atom stereocenters. The maximum atomic E-state index is 12.0. The quantitative estimate of drug-likeness (QED) is 0.694. The molecule has 3 N–H and O–H groups in total. The molecule has 1 heterocycles. The molecule has 17 heavy (non-hydrogen) atoms. The van der Waals surface area contributed by atoms with Crippen molar-refractivity contribution >= 4 is 11.6 Å². The van der Waals surface area contributed by atoms with Gasteiger partial charge in [-0.05, 0) is 37.6 Å². The molecule has 4 nitrogen and oxygen atoms in total. The van der Waals surface area contributed by atoms with Crippen molar-refractivity contribution in [3.8, 4) is 5.75 Å². The number of rotatable bonds is 3. The highest BCUT2D eigenvalue weighted by Crippen LogP contribution is 2.27. The third kappa shape index (κ3) is 2.42. The molecule has 0 saturated carbocycles. The van der Waals surface area contributed by atoms with Gasteiger partial charge in [0.25, 0.3) is 0 Å². The van der Waals surface area contributed by atoms with E-state index in [1.54, 1.807) is 6.07 Å². The topological polar surface area (TPSA) is 61.4 Å². The maximum Gasteiger partial charge on any atom is 0.227 e. The minimum Gasteiger partial charge on any atom is -0.505 e. The fourth-order valence-corrected chi connectivity index (χ4v) is 1.89. The van der Waals surface area contributed by atoms with Gasteiger partial charge < -0.3 is 15.7 Å². The Morgan fingerprint density at radius 3 is 2.82 bits per heavy atom. The summed E-state index contributed by atoms with van der Waals surface area (Å²) in [5, 5.41) is 15.7. The molecule has 1 aromatic rings. The summed E-state index contributed by atoms with van der Waals surface area (Å²) in [6.07, 6.45) is 0. The van der Waals surface area contributed by atoms with Crippen LogP contribution < -0.4 is 10.6 Å². The molecule has 1 aromatic carbocycles. The number of phenolic OH excluding ortho intramolecular Hbond substituents is 1. The van der Waals surface area contributed by atoms with E-state index in [1.807, 2.05) is 26.0 Å². The first kappa shape index (κ1) is 11.9. The first-order valence-corrected chi connectivity index (χ1v) is 5.89. The first-order valence-electron chi connectivity index (χ1n) is 5.89. The number of carbonyl (C=O) groups excluding carboxylic acids is 1. The van der Waals surface area contributed by atoms with Gasteiger partial charge in [-0.2, -0.15) is 0 Å². The molecule has 2 rings (SSSR count). The molecule has 0 aromatic heterocycles. The molecule has 1 fully saturated rings. The Balaban J connectivity index is 2.04. The van der Waals surface area contributed by atoms with Crippen molar-refractivity contribution in [3.05, 3.63) is 23.8 Å². The molecule has 0 radical (unpaired) electrons. The van der Waals surface area contributed by atoms with E-state index in [2.05, 4.69) is 10.6 Å². The predicted octanol–water partition coefficient (Wildman–Crippen LogP) is 1.49. The van der Waals surface area contributed by atoms with Crippen LogP contribution in [0.1, 0.15) is 12.5 Å². The molecule has 4 heteroatoms. The second-order valence-electron chi connectivity index (χ2n) is 4.67. The summed E-state index contributed by atoms with van der Waals surface area (Å²) in [6, 6.07) is 5.34. The highest BCUT2D eigenvalue weighted by atomic mass is 16.3. The van der Waals surface area contributed by atoms with Gasteiger partial charge in [-0.1, -0.05) is 19.1 Å². The third-order valence-corrected chi connectivity index (χ3v) is 3.43. The largest absolute Gasteiger partial charge is 0.505 e. The van der Waals surface area contributed by atoms with Crippen LogP contribution in [0.4, 0.5) is 5.69 Å². The number of anilines is 1. The molecule has 0 bridgehead atoms. The lowest BCUT2D eigenvalue weighted by Gasteiger charge is -2.31. The summed E-state index contributed by atoms with van der Waals surface area (Å²) < 4.78 is 0. The number of para-hydroxylation sites is 1. The Labute approximate surface area is 101 Å². The number of benzene rings is 1. The predicted molar refractivity (Wildman–Crippen MR) is 67.0 cm³/mol. The van der Waals surface area contributed by atoms with E-state index < -0.39 is 0 Å². The number of carbonyl (C=O) groups is 1. The second kappa shape index (κ2) is 4.75. The van der Waals surface area contributed by atoms with E-state index in [1.165, 1.54) is 0 Å². The molecule has 0 spiro atoms. The summed E-state index contributed by atoms with van der Waals surface area (Å²) in [5.41, 5.74) is 1.26. The molecule has 92 valence electrons. The van der Waals surface area contributed by atoms with Crippen molar-refractivity contribution in [1.82, 2.24) is 5.32 Å². The summed E-state index contributed by atoms with van der Waals surface area (Å²) in [7, 11) is 0. The van der Waals surface area contributed by atoms with Crippen LogP contribution in [0.5, 0.6) is 5.75 Å². The van der Waals surface area contributed by atoms with Crippen LogP contribution in [0.3, 0.4) is 0 Å². The van der Waals surface area contributed by atoms with Crippen LogP contribution >= 0.6 is 0 Å². The van der Waals surface area contributed by atoms with Gasteiger partial charge in [0.05, 0.1) is 5.69 Å². The van der Waals surface area contributed by atoms with Gasteiger partial charge in [0.1, 0.15) is 5.75 Å². The van der Waals surface area contributed by atoms with Crippen LogP contribution in [-0.2, 0) is 4.79 Å². The normalized spacial score (nSPS) is 17.3. The minimum absolute atomic E-state index is 0.0302. The number of amides is 1. The third-order valence-electron chi connectivity index (χ3n) is 3.43. The zero-order valence-corrected chi connectivity index (χ0v) is 10.2. The zero-order valence-electron chi connectivity index (χ0n) is 10.2. The van der Waals surface area contributed by atoms with Crippen LogP contribution in [0.25, 0.3) is 0 Å². The van der Waals surface area contributed by atoms with E-state index in [0.29, 0.717) is 11.6 Å². The summed E-state index contributed by atoms with van der Waals surface area (Å²) in [5.74, 6) is 0.496. The van der Waals surface area contributed by atoms with Crippen molar-refractivity contribution in [1.29, 1.82) is 0 Å². The van der Waals surface area contributed by atoms with Gasteiger partial charge in [0.2, 0.25) is 5.91 Å². The fraction of sp³-hybridized carbons (Fsp3) is 0.462.